The summed E-state index contributed by atoms with van der Waals surface area (Å²) in [7, 11) is 0. The van der Waals surface area contributed by atoms with Gasteiger partial charge in [0.15, 0.2) is 0 Å². The predicted molar refractivity (Wildman–Crippen MR) is 71.2 cm³/mol. The van der Waals surface area contributed by atoms with Gasteiger partial charge in [0.25, 0.3) is 0 Å². The molecular formula is C14H13N3O2. The van der Waals surface area contributed by atoms with Crippen LogP contribution < -0.4 is 0 Å². The summed E-state index contributed by atoms with van der Waals surface area (Å²) in [6.45, 7) is 3.98. The van der Waals surface area contributed by atoms with E-state index in [9.17, 15) is 4.79 Å². The number of aryl methyl sites for hydroxylation is 1. The summed E-state index contributed by atoms with van der Waals surface area (Å²) in [5, 5.41) is 9.25. The largest absolute Gasteiger partial charge is 0.462 e. The molecule has 0 saturated heterocycles. The van der Waals surface area contributed by atoms with E-state index in [1.165, 1.54) is 0 Å². The van der Waals surface area contributed by atoms with Crippen molar-refractivity contribution in [1.82, 2.24) is 14.8 Å². The van der Waals surface area contributed by atoms with E-state index < -0.39 is 0 Å². The molecular weight excluding hydrogens is 242 g/mol. The van der Waals surface area contributed by atoms with Gasteiger partial charge in [0, 0.05) is 5.39 Å². The summed E-state index contributed by atoms with van der Waals surface area (Å²) < 4.78 is 6.73. The first-order chi connectivity index (χ1) is 9.22. The SMILES string of the molecule is CCOC(=O)c1cc2c3ccccc3nnn2c1C. The topological polar surface area (TPSA) is 56.5 Å². The van der Waals surface area contributed by atoms with Gasteiger partial charge in [0.05, 0.1) is 28.9 Å². The minimum Gasteiger partial charge on any atom is -0.462 e. The fourth-order valence-electron chi connectivity index (χ4n) is 2.19. The van der Waals surface area contributed by atoms with E-state index in [0.717, 1.165) is 22.1 Å². The van der Waals surface area contributed by atoms with E-state index in [4.69, 9.17) is 4.74 Å². The molecule has 0 aliphatic heterocycles. The van der Waals surface area contributed by atoms with Gasteiger partial charge in [-0.05, 0) is 26.0 Å². The maximum absolute atomic E-state index is 11.9. The van der Waals surface area contributed by atoms with Crippen LogP contribution in [0.1, 0.15) is 23.0 Å². The first kappa shape index (κ1) is 11.6. The third-order valence-electron chi connectivity index (χ3n) is 3.13. The summed E-state index contributed by atoms with van der Waals surface area (Å²) in [6, 6.07) is 9.53. The molecule has 0 radical (unpaired) electrons. The van der Waals surface area contributed by atoms with Crippen LogP contribution in [0.5, 0.6) is 0 Å². The molecule has 5 nitrogen and oxygen atoms in total. The molecule has 0 fully saturated rings. The highest BCUT2D eigenvalue weighted by atomic mass is 16.5. The third kappa shape index (κ3) is 1.74. The normalized spacial score (nSPS) is 11.1. The number of nitrogens with zero attached hydrogens (tertiary/aromatic N) is 3. The van der Waals surface area contributed by atoms with Gasteiger partial charge >= 0.3 is 5.97 Å². The minimum absolute atomic E-state index is 0.324. The Kier molecular flexibility index (Phi) is 2.67. The van der Waals surface area contributed by atoms with Gasteiger partial charge < -0.3 is 4.74 Å². The second-order valence-electron chi connectivity index (χ2n) is 4.27. The van der Waals surface area contributed by atoms with Crippen LogP contribution in [0, 0.1) is 6.92 Å². The van der Waals surface area contributed by atoms with Gasteiger partial charge in [-0.15, -0.1) is 5.10 Å². The first-order valence-electron chi connectivity index (χ1n) is 6.13. The van der Waals surface area contributed by atoms with Crippen molar-refractivity contribution in [3.63, 3.8) is 0 Å². The van der Waals surface area contributed by atoms with Crippen molar-refractivity contribution in [3.8, 4) is 0 Å². The number of esters is 1. The Bertz CT molecular complexity index is 777. The smallest absolute Gasteiger partial charge is 0.340 e. The molecule has 0 bridgehead atoms. The minimum atomic E-state index is -0.324. The molecule has 0 N–H and O–H groups in total. The molecule has 96 valence electrons. The van der Waals surface area contributed by atoms with Crippen LogP contribution in [0.25, 0.3) is 16.4 Å². The average molecular weight is 255 g/mol. The third-order valence-corrected chi connectivity index (χ3v) is 3.13. The zero-order valence-corrected chi connectivity index (χ0v) is 10.8. The molecule has 3 aromatic rings. The average Bonchev–Trinajstić information content (AvgIpc) is 2.77. The Morgan fingerprint density at radius 1 is 1.37 bits per heavy atom. The zero-order valence-electron chi connectivity index (χ0n) is 10.8. The van der Waals surface area contributed by atoms with Crippen LogP contribution in [0.4, 0.5) is 0 Å². The number of hydrogen-bond donors (Lipinski definition) is 0. The Hall–Kier alpha value is -2.43. The first-order valence-corrected chi connectivity index (χ1v) is 6.13. The lowest BCUT2D eigenvalue weighted by Crippen LogP contribution is -2.06. The number of benzene rings is 1. The van der Waals surface area contributed by atoms with Crippen LogP contribution in [-0.4, -0.2) is 27.4 Å². The molecule has 2 aromatic heterocycles. The summed E-state index contributed by atoms with van der Waals surface area (Å²) >= 11 is 0. The molecule has 2 heterocycles. The van der Waals surface area contributed by atoms with E-state index in [1.54, 1.807) is 11.4 Å². The van der Waals surface area contributed by atoms with E-state index in [-0.39, 0.29) is 5.97 Å². The zero-order chi connectivity index (χ0) is 13.4. The summed E-state index contributed by atoms with van der Waals surface area (Å²) in [4.78, 5) is 11.9. The van der Waals surface area contributed by atoms with Crippen LogP contribution >= 0.6 is 0 Å². The quantitative estimate of drug-likeness (QED) is 0.660. The Labute approximate surface area is 109 Å². The van der Waals surface area contributed by atoms with E-state index in [0.29, 0.717) is 12.2 Å². The highest BCUT2D eigenvalue weighted by Gasteiger charge is 2.17. The molecule has 5 heteroatoms. The Morgan fingerprint density at radius 3 is 2.95 bits per heavy atom. The maximum atomic E-state index is 11.9. The second kappa shape index (κ2) is 4.35. The lowest BCUT2D eigenvalue weighted by Gasteiger charge is -2.00. The lowest BCUT2D eigenvalue weighted by molar-refractivity contribution is 0.0525. The number of carbonyl (C=O) groups is 1. The number of hydrogen-bond acceptors (Lipinski definition) is 4. The lowest BCUT2D eigenvalue weighted by atomic mass is 10.2. The van der Waals surface area contributed by atoms with Gasteiger partial charge in [-0.3, -0.25) is 0 Å². The summed E-state index contributed by atoms with van der Waals surface area (Å²) in [5.74, 6) is -0.324. The van der Waals surface area contributed by atoms with Gasteiger partial charge in [0.2, 0.25) is 0 Å². The molecule has 0 atom stereocenters. The van der Waals surface area contributed by atoms with Crippen LogP contribution in [0.2, 0.25) is 0 Å². The highest BCUT2D eigenvalue weighted by molar-refractivity contribution is 5.99. The maximum Gasteiger partial charge on any atom is 0.340 e. The van der Waals surface area contributed by atoms with Crippen molar-refractivity contribution in [3.05, 3.63) is 41.6 Å². The van der Waals surface area contributed by atoms with Crippen molar-refractivity contribution in [2.45, 2.75) is 13.8 Å². The van der Waals surface area contributed by atoms with E-state index >= 15 is 0 Å². The van der Waals surface area contributed by atoms with E-state index in [1.807, 2.05) is 37.3 Å². The van der Waals surface area contributed by atoms with Gasteiger partial charge in [-0.25, -0.2) is 9.31 Å². The number of carbonyl (C=O) groups excluding carboxylic acids is 1. The molecule has 3 rings (SSSR count). The van der Waals surface area contributed by atoms with Crippen LogP contribution in [0.15, 0.2) is 30.3 Å². The van der Waals surface area contributed by atoms with Gasteiger partial charge in [-0.2, -0.15) is 0 Å². The molecule has 0 unspecified atom stereocenters. The van der Waals surface area contributed by atoms with Crippen molar-refractivity contribution in [2.24, 2.45) is 0 Å². The summed E-state index contributed by atoms with van der Waals surface area (Å²) in [6.07, 6.45) is 0. The standard InChI is InChI=1S/C14H13N3O2/c1-3-19-14(18)11-8-13-10-6-4-5-7-12(10)15-16-17(13)9(11)2/h4-8H,3H2,1-2H3. The molecule has 0 spiro atoms. The fourth-order valence-corrected chi connectivity index (χ4v) is 2.19. The monoisotopic (exact) mass is 255 g/mol. The van der Waals surface area contributed by atoms with Gasteiger partial charge in [-0.1, -0.05) is 23.4 Å². The molecule has 0 saturated carbocycles. The molecule has 19 heavy (non-hydrogen) atoms. The fraction of sp³-hybridized carbons (Fsp3) is 0.214. The molecule has 0 aliphatic carbocycles. The van der Waals surface area contributed by atoms with Crippen molar-refractivity contribution in [2.75, 3.05) is 6.61 Å². The van der Waals surface area contributed by atoms with Crippen molar-refractivity contribution < 1.29 is 9.53 Å². The van der Waals surface area contributed by atoms with Crippen molar-refractivity contribution in [1.29, 1.82) is 0 Å². The van der Waals surface area contributed by atoms with Gasteiger partial charge in [0.1, 0.15) is 0 Å². The summed E-state index contributed by atoms with van der Waals surface area (Å²) in [5.41, 5.74) is 2.95. The second-order valence-corrected chi connectivity index (χ2v) is 4.27. The molecule has 0 amide bonds. The number of rotatable bonds is 2. The number of aromatic nitrogens is 3. The van der Waals surface area contributed by atoms with Crippen LogP contribution in [0.3, 0.4) is 0 Å². The number of ether oxygens (including phenoxy) is 1. The van der Waals surface area contributed by atoms with Crippen molar-refractivity contribution >= 4 is 22.4 Å². The predicted octanol–water partition coefficient (Wildman–Crippen LogP) is 2.37. The Balaban J connectivity index is 2.30. The molecule has 0 aliphatic rings. The van der Waals surface area contributed by atoms with Crippen LogP contribution in [-0.2, 0) is 4.74 Å². The highest BCUT2D eigenvalue weighted by Crippen LogP contribution is 2.22. The Morgan fingerprint density at radius 2 is 2.16 bits per heavy atom. The van der Waals surface area contributed by atoms with E-state index in [2.05, 4.69) is 10.3 Å². The molecule has 1 aromatic carbocycles. The number of fused-ring (bicyclic) bond motifs is 3.